The average molecular weight is 328 g/mol. The van der Waals surface area contributed by atoms with Crippen LogP contribution in [-0.4, -0.2) is 23.9 Å². The molecule has 0 amide bonds. The first-order valence-electron chi connectivity index (χ1n) is 6.10. The van der Waals surface area contributed by atoms with Gasteiger partial charge >= 0.3 is 12.3 Å². The summed E-state index contributed by atoms with van der Waals surface area (Å²) in [4.78, 5) is 14.7. The summed E-state index contributed by atoms with van der Waals surface area (Å²) >= 11 is 0. The Morgan fingerprint density at radius 3 is 2.50 bits per heavy atom. The number of halogens is 5. The van der Waals surface area contributed by atoms with E-state index in [0.717, 1.165) is 0 Å². The summed E-state index contributed by atoms with van der Waals surface area (Å²) < 4.78 is 71.1. The van der Waals surface area contributed by atoms with E-state index in [0.29, 0.717) is 6.07 Å². The molecule has 2 N–H and O–H groups in total. The van der Waals surface area contributed by atoms with Crippen molar-refractivity contribution in [1.82, 2.24) is 4.98 Å². The van der Waals surface area contributed by atoms with Crippen LogP contribution in [0.15, 0.2) is 6.07 Å². The maximum Gasteiger partial charge on any atom is 0.573 e. The number of nitrogens with two attached hydrogens (primary N) is 1. The first kappa shape index (κ1) is 18.1. The van der Waals surface area contributed by atoms with Gasteiger partial charge in [0, 0.05) is 12.1 Å². The van der Waals surface area contributed by atoms with Crippen LogP contribution < -0.4 is 10.5 Å². The number of pyridine rings is 1. The molecule has 0 bridgehead atoms. The Morgan fingerprint density at radius 1 is 1.41 bits per heavy atom. The van der Waals surface area contributed by atoms with Gasteiger partial charge in [-0.05, 0) is 13.0 Å². The Balaban J connectivity index is 3.32. The molecule has 124 valence electrons. The number of nitrogens with zero attached hydrogens (tertiary/aromatic N) is 1. The molecule has 0 spiro atoms. The van der Waals surface area contributed by atoms with E-state index in [9.17, 15) is 26.7 Å². The lowest BCUT2D eigenvalue weighted by Crippen LogP contribution is -2.22. The lowest BCUT2D eigenvalue weighted by Gasteiger charge is -2.17. The van der Waals surface area contributed by atoms with Gasteiger partial charge in [0.05, 0.1) is 18.7 Å². The smallest absolute Gasteiger partial charge is 0.466 e. The molecule has 0 aromatic carbocycles. The molecule has 1 aromatic rings. The van der Waals surface area contributed by atoms with Gasteiger partial charge in [-0.25, -0.2) is 13.8 Å². The van der Waals surface area contributed by atoms with Crippen molar-refractivity contribution in [1.29, 1.82) is 0 Å². The van der Waals surface area contributed by atoms with E-state index >= 15 is 0 Å². The number of esters is 1. The number of carbonyl (C=O) groups excluding carboxylic acids is 1. The van der Waals surface area contributed by atoms with Crippen LogP contribution in [0.1, 0.15) is 30.3 Å². The Labute approximate surface area is 122 Å². The van der Waals surface area contributed by atoms with Crippen LogP contribution in [0.5, 0.6) is 5.75 Å². The van der Waals surface area contributed by atoms with Crippen LogP contribution in [0.3, 0.4) is 0 Å². The zero-order valence-corrected chi connectivity index (χ0v) is 11.4. The van der Waals surface area contributed by atoms with Gasteiger partial charge in [-0.3, -0.25) is 4.79 Å². The number of carbonyl (C=O) groups is 1. The molecule has 0 saturated heterocycles. The third-order valence-electron chi connectivity index (χ3n) is 2.42. The molecule has 5 nitrogen and oxygen atoms in total. The zero-order valence-electron chi connectivity index (χ0n) is 11.4. The standard InChI is InChI=1S/C12H13F5N2O3/c1-2-21-9(20)4-7-10(22-12(15,16)17)6(5-18)3-8(19-7)11(13)14/h3,11H,2,4-5,18H2,1H3. The summed E-state index contributed by atoms with van der Waals surface area (Å²) in [6.07, 6.45) is -8.86. The van der Waals surface area contributed by atoms with E-state index in [1.807, 2.05) is 0 Å². The molecule has 0 aliphatic carbocycles. The first-order chi connectivity index (χ1) is 10.2. The normalized spacial score (nSPS) is 11.6. The summed E-state index contributed by atoms with van der Waals surface area (Å²) in [5.41, 5.74) is 3.53. The van der Waals surface area contributed by atoms with Crippen molar-refractivity contribution < 1.29 is 36.2 Å². The number of ether oxygens (including phenoxy) is 2. The molecule has 0 aliphatic heterocycles. The Kier molecular flexibility index (Phi) is 6.03. The van der Waals surface area contributed by atoms with Crippen molar-refractivity contribution in [2.75, 3.05) is 6.61 Å². The van der Waals surface area contributed by atoms with Crippen molar-refractivity contribution in [2.45, 2.75) is 32.7 Å². The lowest BCUT2D eigenvalue weighted by molar-refractivity contribution is -0.275. The number of alkyl halides is 5. The third kappa shape index (κ3) is 5.10. The third-order valence-corrected chi connectivity index (χ3v) is 2.42. The summed E-state index contributed by atoms with van der Waals surface area (Å²) in [6, 6.07) is 0.709. The Hall–Kier alpha value is -1.97. The minimum absolute atomic E-state index is 0.0213. The second-order valence-electron chi connectivity index (χ2n) is 4.02. The molecular weight excluding hydrogens is 315 g/mol. The van der Waals surface area contributed by atoms with Gasteiger partial charge in [0.15, 0.2) is 5.75 Å². The van der Waals surface area contributed by atoms with Gasteiger partial charge in [0.1, 0.15) is 5.69 Å². The largest absolute Gasteiger partial charge is 0.573 e. The summed E-state index contributed by atoms with van der Waals surface area (Å²) in [7, 11) is 0. The predicted molar refractivity (Wildman–Crippen MR) is 64.1 cm³/mol. The van der Waals surface area contributed by atoms with Crippen LogP contribution in [-0.2, 0) is 22.5 Å². The lowest BCUT2D eigenvalue weighted by atomic mass is 10.1. The molecule has 0 atom stereocenters. The highest BCUT2D eigenvalue weighted by Crippen LogP contribution is 2.32. The molecule has 1 aromatic heterocycles. The van der Waals surface area contributed by atoms with E-state index in [1.54, 1.807) is 0 Å². The van der Waals surface area contributed by atoms with E-state index in [1.165, 1.54) is 6.92 Å². The van der Waals surface area contributed by atoms with Gasteiger partial charge in [0.2, 0.25) is 0 Å². The van der Waals surface area contributed by atoms with Gasteiger partial charge in [0.25, 0.3) is 6.43 Å². The number of rotatable bonds is 6. The van der Waals surface area contributed by atoms with E-state index in [-0.39, 0.29) is 12.2 Å². The van der Waals surface area contributed by atoms with Crippen molar-refractivity contribution in [3.8, 4) is 5.75 Å². The molecular formula is C12H13F5N2O3. The second-order valence-corrected chi connectivity index (χ2v) is 4.02. The molecule has 1 rings (SSSR count). The molecule has 0 aliphatic rings. The van der Waals surface area contributed by atoms with Crippen molar-refractivity contribution in [3.63, 3.8) is 0 Å². The number of aromatic nitrogens is 1. The maximum absolute atomic E-state index is 12.7. The predicted octanol–water partition coefficient (Wildman–Crippen LogP) is 2.48. The van der Waals surface area contributed by atoms with Gasteiger partial charge in [-0.1, -0.05) is 0 Å². The highest BCUT2D eigenvalue weighted by atomic mass is 19.4. The SMILES string of the molecule is CCOC(=O)Cc1nc(C(F)F)cc(CN)c1OC(F)(F)F. The Morgan fingerprint density at radius 2 is 2.05 bits per heavy atom. The minimum atomic E-state index is -5.08. The summed E-state index contributed by atoms with van der Waals surface area (Å²) in [6.45, 7) is 0.968. The van der Waals surface area contributed by atoms with E-state index in [4.69, 9.17) is 5.73 Å². The van der Waals surface area contributed by atoms with Gasteiger partial charge < -0.3 is 15.2 Å². The molecule has 0 saturated carbocycles. The molecule has 10 heteroatoms. The summed E-state index contributed by atoms with van der Waals surface area (Å²) in [5.74, 6) is -1.77. The maximum atomic E-state index is 12.7. The zero-order chi connectivity index (χ0) is 16.9. The highest BCUT2D eigenvalue weighted by Gasteiger charge is 2.34. The Bertz CT molecular complexity index is 534. The van der Waals surface area contributed by atoms with E-state index < -0.39 is 48.9 Å². The fraction of sp³-hybridized carbons (Fsp3) is 0.500. The molecule has 1 heterocycles. The van der Waals surface area contributed by atoms with Crippen LogP contribution in [0, 0.1) is 0 Å². The van der Waals surface area contributed by atoms with Crippen LogP contribution in [0.25, 0.3) is 0 Å². The van der Waals surface area contributed by atoms with E-state index in [2.05, 4.69) is 14.5 Å². The molecule has 22 heavy (non-hydrogen) atoms. The number of hydrogen-bond donors (Lipinski definition) is 1. The van der Waals surface area contributed by atoms with Crippen molar-refractivity contribution in [3.05, 3.63) is 23.0 Å². The average Bonchev–Trinajstić information content (AvgIpc) is 2.38. The molecule has 0 radical (unpaired) electrons. The molecule has 0 unspecified atom stereocenters. The highest BCUT2D eigenvalue weighted by molar-refractivity contribution is 5.73. The molecule has 0 fully saturated rings. The van der Waals surface area contributed by atoms with Crippen molar-refractivity contribution >= 4 is 5.97 Å². The van der Waals surface area contributed by atoms with Crippen LogP contribution >= 0.6 is 0 Å². The topological polar surface area (TPSA) is 74.4 Å². The van der Waals surface area contributed by atoms with Crippen LogP contribution in [0.4, 0.5) is 22.0 Å². The second kappa shape index (κ2) is 7.34. The fourth-order valence-corrected chi connectivity index (χ4v) is 1.64. The van der Waals surface area contributed by atoms with Gasteiger partial charge in [-0.15, -0.1) is 13.2 Å². The number of hydrogen-bond acceptors (Lipinski definition) is 5. The van der Waals surface area contributed by atoms with Crippen LogP contribution in [0.2, 0.25) is 0 Å². The monoisotopic (exact) mass is 328 g/mol. The summed E-state index contributed by atoms with van der Waals surface area (Å²) in [5, 5.41) is 0. The van der Waals surface area contributed by atoms with Gasteiger partial charge in [-0.2, -0.15) is 0 Å². The first-order valence-corrected chi connectivity index (χ1v) is 6.10. The fourth-order valence-electron chi connectivity index (χ4n) is 1.64. The quantitative estimate of drug-likeness (QED) is 0.641. The minimum Gasteiger partial charge on any atom is -0.466 e. The van der Waals surface area contributed by atoms with Crippen molar-refractivity contribution in [2.24, 2.45) is 5.73 Å².